The molecule has 4 rings (SSSR count). The molecule has 1 amide bonds. The van der Waals surface area contributed by atoms with E-state index in [1.165, 1.54) is 36.1 Å². The Balaban J connectivity index is 1.50. The highest BCUT2D eigenvalue weighted by atomic mass is 35.5. The molecule has 2 fully saturated rings. The van der Waals surface area contributed by atoms with Crippen LogP contribution >= 0.6 is 11.6 Å². The summed E-state index contributed by atoms with van der Waals surface area (Å²) in [6.07, 6.45) is 3.60. The van der Waals surface area contributed by atoms with Crippen LogP contribution < -0.4 is 19.7 Å². The molecule has 0 aromatic heterocycles. The Bertz CT molecular complexity index is 1010. The minimum absolute atomic E-state index is 0.0407. The van der Waals surface area contributed by atoms with Crippen LogP contribution in [0, 0.1) is 13.8 Å². The highest BCUT2D eigenvalue weighted by Gasteiger charge is 2.36. The lowest BCUT2D eigenvalue weighted by atomic mass is 9.86. The Hall–Kier alpha value is -2.44. The number of anilines is 1. The summed E-state index contributed by atoms with van der Waals surface area (Å²) in [4.78, 5) is 16.7. The van der Waals surface area contributed by atoms with Gasteiger partial charge in [-0.25, -0.2) is 0 Å². The number of likely N-dealkylation sites (N-methyl/N-ethyl adjacent to an activating group) is 1. The summed E-state index contributed by atoms with van der Waals surface area (Å²) >= 11 is 6.23. The van der Waals surface area contributed by atoms with Gasteiger partial charge < -0.3 is 19.7 Å². The van der Waals surface area contributed by atoms with Crippen molar-refractivity contribution in [2.24, 2.45) is 0 Å². The number of fused-ring (bicyclic) bond motifs is 1. The smallest absolute Gasteiger partial charge is 0.257 e. The van der Waals surface area contributed by atoms with E-state index in [-0.39, 0.29) is 12.5 Å². The van der Waals surface area contributed by atoms with Crippen LogP contribution in [0.5, 0.6) is 11.5 Å². The highest BCUT2D eigenvalue weighted by molar-refractivity contribution is 6.32. The lowest BCUT2D eigenvalue weighted by Crippen LogP contribution is -2.56. The molecule has 0 radical (unpaired) electrons. The number of nitrogens with one attached hydrogen (secondary N) is 1. The maximum Gasteiger partial charge on any atom is 0.257 e. The third kappa shape index (κ3) is 4.92. The molecule has 2 atom stereocenters. The van der Waals surface area contributed by atoms with Crippen molar-refractivity contribution in [3.05, 3.63) is 52.0 Å². The molecular weight excluding hydrogens is 438 g/mol. The largest absolute Gasteiger partial charge is 0.495 e. The molecule has 6 nitrogen and oxygen atoms in total. The van der Waals surface area contributed by atoms with Crippen LogP contribution in [0.1, 0.15) is 42.0 Å². The van der Waals surface area contributed by atoms with Crippen LogP contribution in [-0.2, 0) is 4.79 Å². The molecule has 2 heterocycles. The van der Waals surface area contributed by atoms with Crippen molar-refractivity contribution in [2.75, 3.05) is 45.3 Å². The summed E-state index contributed by atoms with van der Waals surface area (Å²) in [6, 6.07) is 11.2. The molecule has 2 aromatic carbocycles. The number of ether oxygens (including phenoxy) is 2. The Kier molecular flexibility index (Phi) is 7.35. The van der Waals surface area contributed by atoms with Gasteiger partial charge in [0.2, 0.25) is 0 Å². The van der Waals surface area contributed by atoms with Crippen molar-refractivity contribution in [2.45, 2.75) is 45.2 Å². The number of piperidine rings is 1. The van der Waals surface area contributed by atoms with E-state index in [2.05, 4.69) is 41.1 Å². The summed E-state index contributed by atoms with van der Waals surface area (Å²) in [7, 11) is 3.28. The van der Waals surface area contributed by atoms with E-state index in [4.69, 9.17) is 21.1 Å². The quantitative estimate of drug-likeness (QED) is 0.672. The van der Waals surface area contributed by atoms with Gasteiger partial charge in [0.1, 0.15) is 11.5 Å². The van der Waals surface area contributed by atoms with Gasteiger partial charge in [0.05, 0.1) is 12.1 Å². The number of hydrogen-bond donors (Lipinski definition) is 1. The van der Waals surface area contributed by atoms with Crippen LogP contribution in [0.4, 0.5) is 5.69 Å². The van der Waals surface area contributed by atoms with E-state index in [9.17, 15) is 4.79 Å². The molecule has 0 bridgehead atoms. The number of rotatable bonds is 6. The Labute approximate surface area is 201 Å². The fourth-order valence-corrected chi connectivity index (χ4v) is 5.41. The van der Waals surface area contributed by atoms with Crippen LogP contribution in [0.15, 0.2) is 30.3 Å². The SMILES string of the molecule is CNC(=O)COc1ccc([C@H]2CCC[C@H]3CN(c4ccc(Cl)c(OC)c4)CCN32)c(C)c1C. The van der Waals surface area contributed by atoms with Crippen LogP contribution in [0.25, 0.3) is 0 Å². The predicted molar refractivity (Wildman–Crippen MR) is 133 cm³/mol. The van der Waals surface area contributed by atoms with Gasteiger partial charge in [-0.15, -0.1) is 0 Å². The molecule has 7 heteroatoms. The molecule has 0 saturated carbocycles. The molecule has 2 aliphatic heterocycles. The van der Waals surface area contributed by atoms with Crippen molar-refractivity contribution in [3.8, 4) is 11.5 Å². The summed E-state index contributed by atoms with van der Waals surface area (Å²) in [5.41, 5.74) is 4.93. The zero-order chi connectivity index (χ0) is 23.5. The van der Waals surface area contributed by atoms with Gasteiger partial charge in [0.15, 0.2) is 6.61 Å². The molecule has 178 valence electrons. The third-order valence-corrected chi connectivity index (χ3v) is 7.53. The van der Waals surface area contributed by atoms with Gasteiger partial charge in [-0.2, -0.15) is 0 Å². The van der Waals surface area contributed by atoms with Crippen molar-refractivity contribution in [1.29, 1.82) is 0 Å². The van der Waals surface area contributed by atoms with E-state index in [0.29, 0.717) is 17.1 Å². The second-order valence-electron chi connectivity index (χ2n) is 8.97. The second-order valence-corrected chi connectivity index (χ2v) is 9.38. The zero-order valence-electron chi connectivity index (χ0n) is 20.0. The number of carbonyl (C=O) groups excluding carboxylic acids is 1. The summed E-state index contributed by atoms with van der Waals surface area (Å²) in [5, 5.41) is 3.24. The van der Waals surface area contributed by atoms with Crippen molar-refractivity contribution >= 4 is 23.2 Å². The summed E-state index contributed by atoms with van der Waals surface area (Å²) < 4.78 is 11.2. The lowest BCUT2D eigenvalue weighted by Gasteiger charge is -2.49. The second kappa shape index (κ2) is 10.2. The molecule has 2 aromatic rings. The van der Waals surface area contributed by atoms with Gasteiger partial charge in [0, 0.05) is 50.5 Å². The van der Waals surface area contributed by atoms with Gasteiger partial charge in [0.25, 0.3) is 5.91 Å². The van der Waals surface area contributed by atoms with Crippen molar-refractivity contribution < 1.29 is 14.3 Å². The summed E-state index contributed by atoms with van der Waals surface area (Å²) in [6.45, 7) is 7.31. The highest BCUT2D eigenvalue weighted by Crippen LogP contribution is 2.40. The number of carbonyl (C=O) groups is 1. The van der Waals surface area contributed by atoms with Gasteiger partial charge in [-0.1, -0.05) is 17.7 Å². The van der Waals surface area contributed by atoms with Gasteiger partial charge >= 0.3 is 0 Å². The van der Waals surface area contributed by atoms with Gasteiger partial charge in [-0.3, -0.25) is 9.69 Å². The zero-order valence-corrected chi connectivity index (χ0v) is 20.7. The third-order valence-electron chi connectivity index (χ3n) is 7.22. The van der Waals surface area contributed by atoms with E-state index in [1.54, 1.807) is 14.2 Å². The monoisotopic (exact) mass is 471 g/mol. The Morgan fingerprint density at radius 3 is 2.70 bits per heavy atom. The van der Waals surface area contributed by atoms with Crippen molar-refractivity contribution in [1.82, 2.24) is 10.2 Å². The maximum absolute atomic E-state index is 11.6. The Morgan fingerprint density at radius 1 is 1.12 bits per heavy atom. The molecule has 2 saturated heterocycles. The lowest BCUT2D eigenvalue weighted by molar-refractivity contribution is -0.122. The minimum atomic E-state index is -0.123. The van der Waals surface area contributed by atoms with Gasteiger partial charge in [-0.05, 0) is 68.0 Å². The van der Waals surface area contributed by atoms with Crippen LogP contribution in [-0.4, -0.2) is 57.2 Å². The average molecular weight is 472 g/mol. The first kappa shape index (κ1) is 23.7. The number of piperazine rings is 1. The van der Waals surface area contributed by atoms with Crippen molar-refractivity contribution in [3.63, 3.8) is 0 Å². The van der Waals surface area contributed by atoms with E-state index >= 15 is 0 Å². The first-order valence-electron chi connectivity index (χ1n) is 11.7. The molecule has 0 aliphatic carbocycles. The van der Waals surface area contributed by atoms with E-state index in [1.807, 2.05) is 18.2 Å². The fraction of sp³-hybridized carbons (Fsp3) is 0.500. The fourth-order valence-electron chi connectivity index (χ4n) is 5.21. The number of nitrogens with zero attached hydrogens (tertiary/aromatic N) is 2. The molecule has 0 spiro atoms. The topological polar surface area (TPSA) is 54.0 Å². The first-order chi connectivity index (χ1) is 15.9. The standard InChI is InChI=1S/C26H34ClN3O3/c1-17-18(2)24(33-16-26(31)28-3)11-9-21(17)23-7-5-6-20-15-29(12-13-30(20)23)19-8-10-22(27)25(14-19)32-4/h8-11,14,20,23H,5-7,12-13,15-16H2,1-4H3,(H,28,31)/t20-,23+/m0/s1. The maximum atomic E-state index is 11.6. The number of benzene rings is 2. The molecular formula is C26H34ClN3O3. The summed E-state index contributed by atoms with van der Waals surface area (Å²) in [5.74, 6) is 1.39. The number of methoxy groups -OCH3 is 1. The number of hydrogen-bond acceptors (Lipinski definition) is 5. The normalized spacial score (nSPS) is 20.8. The number of amides is 1. The number of halogens is 1. The Morgan fingerprint density at radius 2 is 1.94 bits per heavy atom. The molecule has 0 unspecified atom stereocenters. The van der Waals surface area contributed by atoms with E-state index in [0.717, 1.165) is 36.7 Å². The van der Waals surface area contributed by atoms with Crippen LogP contribution in [0.2, 0.25) is 5.02 Å². The molecule has 2 aliphatic rings. The van der Waals surface area contributed by atoms with E-state index < -0.39 is 0 Å². The molecule has 33 heavy (non-hydrogen) atoms. The minimum Gasteiger partial charge on any atom is -0.495 e. The van der Waals surface area contributed by atoms with Crippen LogP contribution in [0.3, 0.4) is 0 Å². The predicted octanol–water partition coefficient (Wildman–Crippen LogP) is 4.51. The first-order valence-corrected chi connectivity index (χ1v) is 12.1. The average Bonchev–Trinajstić information content (AvgIpc) is 2.84. The molecule has 1 N–H and O–H groups in total.